The summed E-state index contributed by atoms with van der Waals surface area (Å²) in [6, 6.07) is 0. The number of ether oxygens (including phenoxy) is 1. The lowest BCUT2D eigenvalue weighted by Gasteiger charge is -2.04. The first-order valence-corrected chi connectivity index (χ1v) is 10.2. The van der Waals surface area contributed by atoms with Crippen LogP contribution in [0.4, 0.5) is 4.39 Å². The Balaban J connectivity index is 3.00. The normalized spacial score (nSPS) is 10.7. The van der Waals surface area contributed by atoms with Crippen molar-refractivity contribution in [2.75, 3.05) is 13.3 Å². The minimum Gasteiger partial charge on any atom is -0.463 e. The van der Waals surface area contributed by atoms with Gasteiger partial charge >= 0.3 is 5.97 Å². The minimum atomic E-state index is -0.313. The van der Waals surface area contributed by atoms with Crippen LogP contribution in [0.3, 0.4) is 0 Å². The van der Waals surface area contributed by atoms with E-state index in [1.807, 2.05) is 0 Å². The molecule has 0 aliphatic carbocycles. The molecular weight excluding hydrogens is 303 g/mol. The van der Waals surface area contributed by atoms with Gasteiger partial charge in [-0.2, -0.15) is 0 Å². The summed E-state index contributed by atoms with van der Waals surface area (Å²) in [6.07, 6.45) is 21.0. The van der Waals surface area contributed by atoms with Gasteiger partial charge in [0.05, 0.1) is 13.3 Å². The fraction of sp³-hybridized carbons (Fsp3) is 0.857. The van der Waals surface area contributed by atoms with Gasteiger partial charge in [0, 0.05) is 6.08 Å². The first kappa shape index (κ1) is 23.1. The van der Waals surface area contributed by atoms with Gasteiger partial charge in [0.25, 0.3) is 0 Å². The summed E-state index contributed by atoms with van der Waals surface area (Å²) in [5.74, 6) is -0.313. The quantitative estimate of drug-likeness (QED) is 0.144. The lowest BCUT2D eigenvalue weighted by atomic mass is 10.0. The van der Waals surface area contributed by atoms with E-state index in [-0.39, 0.29) is 12.6 Å². The van der Waals surface area contributed by atoms with E-state index >= 15 is 0 Å². The molecular formula is C21H39FO2. The number of hydrogen-bond donors (Lipinski definition) is 0. The molecule has 0 N–H and O–H groups in total. The van der Waals surface area contributed by atoms with Crippen LogP contribution in [0.5, 0.6) is 0 Å². The second kappa shape index (κ2) is 20.2. The molecule has 0 atom stereocenters. The maximum absolute atomic E-state index is 11.9. The molecule has 0 rings (SSSR count). The van der Waals surface area contributed by atoms with Crippen LogP contribution < -0.4 is 0 Å². The zero-order valence-corrected chi connectivity index (χ0v) is 15.7. The molecule has 0 amide bonds. The van der Waals surface area contributed by atoms with Crippen LogP contribution in [0.1, 0.15) is 103 Å². The van der Waals surface area contributed by atoms with Crippen LogP contribution in [0, 0.1) is 0 Å². The monoisotopic (exact) mass is 342 g/mol. The van der Waals surface area contributed by atoms with Crippen molar-refractivity contribution >= 4 is 5.97 Å². The Labute approximate surface area is 149 Å². The summed E-state index contributed by atoms with van der Waals surface area (Å²) in [4.78, 5) is 10.8. The number of alkyl halides is 1. The highest BCUT2D eigenvalue weighted by Crippen LogP contribution is 2.13. The molecule has 24 heavy (non-hydrogen) atoms. The highest BCUT2D eigenvalue weighted by Gasteiger charge is 1.96. The molecule has 3 heteroatoms. The van der Waals surface area contributed by atoms with E-state index in [2.05, 4.69) is 6.58 Å². The van der Waals surface area contributed by atoms with E-state index in [0.717, 1.165) is 25.7 Å². The molecule has 0 radical (unpaired) electrons. The topological polar surface area (TPSA) is 26.3 Å². The van der Waals surface area contributed by atoms with Gasteiger partial charge < -0.3 is 4.74 Å². The predicted octanol–water partition coefficient (Wildman–Crippen LogP) is 6.93. The van der Waals surface area contributed by atoms with Crippen molar-refractivity contribution in [3.05, 3.63) is 12.7 Å². The summed E-state index contributed by atoms with van der Waals surface area (Å²) < 4.78 is 16.9. The molecule has 0 aromatic heterocycles. The molecule has 2 nitrogen and oxygen atoms in total. The number of unbranched alkanes of at least 4 members (excludes halogenated alkanes) is 15. The average molecular weight is 343 g/mol. The van der Waals surface area contributed by atoms with Crippen molar-refractivity contribution < 1.29 is 13.9 Å². The molecule has 0 aromatic carbocycles. The highest BCUT2D eigenvalue weighted by atomic mass is 19.1. The Bertz CT molecular complexity index is 279. The molecule has 0 aliphatic rings. The molecule has 0 bridgehead atoms. The number of carbonyl (C=O) groups is 1. The molecule has 0 aromatic rings. The third-order valence-corrected chi connectivity index (χ3v) is 4.44. The third-order valence-electron chi connectivity index (χ3n) is 4.44. The Kier molecular flexibility index (Phi) is 19.5. The van der Waals surface area contributed by atoms with Crippen molar-refractivity contribution in [1.29, 1.82) is 0 Å². The van der Waals surface area contributed by atoms with Crippen molar-refractivity contribution in [3.63, 3.8) is 0 Å². The summed E-state index contributed by atoms with van der Waals surface area (Å²) >= 11 is 0. The third kappa shape index (κ3) is 19.2. The summed E-state index contributed by atoms with van der Waals surface area (Å²) in [7, 11) is 0. The summed E-state index contributed by atoms with van der Waals surface area (Å²) in [5, 5.41) is 0. The molecule has 0 saturated carbocycles. The number of hydrogen-bond acceptors (Lipinski definition) is 2. The Hall–Kier alpha value is -0.860. The van der Waals surface area contributed by atoms with E-state index in [1.165, 1.54) is 83.1 Å². The Morgan fingerprint density at radius 3 is 1.33 bits per heavy atom. The zero-order valence-electron chi connectivity index (χ0n) is 15.7. The minimum absolute atomic E-state index is 0.148. The van der Waals surface area contributed by atoms with E-state index in [4.69, 9.17) is 4.74 Å². The number of esters is 1. The van der Waals surface area contributed by atoms with Crippen LogP contribution in [0.25, 0.3) is 0 Å². The molecule has 0 spiro atoms. The van der Waals surface area contributed by atoms with Crippen molar-refractivity contribution in [2.45, 2.75) is 103 Å². The highest BCUT2D eigenvalue weighted by molar-refractivity contribution is 5.81. The molecule has 0 heterocycles. The largest absolute Gasteiger partial charge is 0.463 e. The molecule has 0 saturated heterocycles. The van der Waals surface area contributed by atoms with Gasteiger partial charge in [-0.15, -0.1) is 0 Å². The zero-order chi connectivity index (χ0) is 17.7. The fourth-order valence-corrected chi connectivity index (χ4v) is 2.90. The first-order chi connectivity index (χ1) is 11.8. The molecule has 0 aliphatic heterocycles. The van der Waals surface area contributed by atoms with E-state index in [1.54, 1.807) is 0 Å². The lowest BCUT2D eigenvalue weighted by Crippen LogP contribution is -2.01. The molecule has 0 fully saturated rings. The van der Waals surface area contributed by atoms with Gasteiger partial charge in [-0.05, 0) is 12.8 Å². The second-order valence-electron chi connectivity index (χ2n) is 6.72. The Morgan fingerprint density at radius 2 is 1.00 bits per heavy atom. The van der Waals surface area contributed by atoms with E-state index in [9.17, 15) is 9.18 Å². The van der Waals surface area contributed by atoms with Gasteiger partial charge in [0.2, 0.25) is 0 Å². The van der Waals surface area contributed by atoms with Crippen LogP contribution in [-0.2, 0) is 9.53 Å². The summed E-state index contributed by atoms with van der Waals surface area (Å²) in [6.45, 7) is 3.75. The SMILES string of the molecule is C=CC(=O)OCCCCCCCCCCCCCCCCCCF. The van der Waals surface area contributed by atoms with Gasteiger partial charge in [-0.25, -0.2) is 4.79 Å². The van der Waals surface area contributed by atoms with Crippen LogP contribution in [0.2, 0.25) is 0 Å². The van der Waals surface area contributed by atoms with E-state index in [0.29, 0.717) is 6.61 Å². The standard InChI is InChI=1S/C21H39FO2/c1-2-21(23)24-20-18-16-14-12-10-8-6-4-3-5-7-9-11-13-15-17-19-22/h2H,1,3-20H2. The van der Waals surface area contributed by atoms with Crippen molar-refractivity contribution in [3.8, 4) is 0 Å². The molecule has 142 valence electrons. The van der Waals surface area contributed by atoms with Gasteiger partial charge in [-0.3, -0.25) is 4.39 Å². The van der Waals surface area contributed by atoms with Crippen LogP contribution in [0.15, 0.2) is 12.7 Å². The van der Waals surface area contributed by atoms with E-state index < -0.39 is 0 Å². The maximum atomic E-state index is 11.9. The van der Waals surface area contributed by atoms with Gasteiger partial charge in [0.15, 0.2) is 0 Å². The first-order valence-electron chi connectivity index (χ1n) is 10.2. The number of rotatable bonds is 19. The van der Waals surface area contributed by atoms with Gasteiger partial charge in [-0.1, -0.05) is 96.5 Å². The Morgan fingerprint density at radius 1 is 0.667 bits per heavy atom. The average Bonchev–Trinajstić information content (AvgIpc) is 2.60. The van der Waals surface area contributed by atoms with Crippen molar-refractivity contribution in [2.24, 2.45) is 0 Å². The van der Waals surface area contributed by atoms with Crippen molar-refractivity contribution in [1.82, 2.24) is 0 Å². The van der Waals surface area contributed by atoms with Crippen LogP contribution >= 0.6 is 0 Å². The van der Waals surface area contributed by atoms with Gasteiger partial charge in [0.1, 0.15) is 0 Å². The predicted molar refractivity (Wildman–Crippen MR) is 101 cm³/mol. The number of carbonyl (C=O) groups excluding carboxylic acids is 1. The fourth-order valence-electron chi connectivity index (χ4n) is 2.90. The van der Waals surface area contributed by atoms with Crippen LogP contribution in [-0.4, -0.2) is 19.3 Å². The molecule has 0 unspecified atom stereocenters. The number of halogens is 1. The second-order valence-corrected chi connectivity index (χ2v) is 6.72. The smallest absolute Gasteiger partial charge is 0.330 e. The maximum Gasteiger partial charge on any atom is 0.330 e. The lowest BCUT2D eigenvalue weighted by molar-refractivity contribution is -0.137. The summed E-state index contributed by atoms with van der Waals surface area (Å²) in [5.41, 5.74) is 0.